The van der Waals surface area contributed by atoms with Gasteiger partial charge in [-0.3, -0.25) is 24.0 Å². The summed E-state index contributed by atoms with van der Waals surface area (Å²) in [4.78, 5) is 44.9. The molecule has 4 N–H and O–H groups in total. The van der Waals surface area contributed by atoms with Crippen molar-refractivity contribution in [3.8, 4) is 0 Å². The van der Waals surface area contributed by atoms with E-state index in [2.05, 4.69) is 20.9 Å². The Balaban J connectivity index is 1.43. The van der Waals surface area contributed by atoms with Crippen LogP contribution in [0.15, 0.2) is 103 Å². The van der Waals surface area contributed by atoms with Gasteiger partial charge in [-0.2, -0.15) is 0 Å². The molecule has 5 rings (SSSR count). The molecule has 11 nitrogen and oxygen atoms in total. The molecule has 13 heteroatoms. The van der Waals surface area contributed by atoms with Crippen molar-refractivity contribution in [3.63, 3.8) is 0 Å². The van der Waals surface area contributed by atoms with Gasteiger partial charge in [0.2, 0.25) is 10.0 Å². The predicted molar refractivity (Wildman–Crippen MR) is 188 cm³/mol. The van der Waals surface area contributed by atoms with Crippen LogP contribution in [0.2, 0.25) is 0 Å². The first kappa shape index (κ1) is 34.2. The molecule has 248 valence electrons. The molecule has 5 aromatic rings. The Labute approximate surface area is 282 Å². The van der Waals surface area contributed by atoms with E-state index in [0.29, 0.717) is 10.6 Å². The minimum absolute atomic E-state index is 0.0441. The maximum atomic E-state index is 13.8. The smallest absolute Gasteiger partial charge is 0.257 e. The van der Waals surface area contributed by atoms with Gasteiger partial charge in [0.15, 0.2) is 11.2 Å². The Morgan fingerprint density at radius 3 is 2.06 bits per heavy atom. The molecule has 0 spiro atoms. The monoisotopic (exact) mass is 685 g/mol. The third-order valence-electron chi connectivity index (χ3n) is 7.74. The number of benzene rings is 4. The molecule has 0 saturated heterocycles. The first-order chi connectivity index (χ1) is 22.9. The van der Waals surface area contributed by atoms with Crippen molar-refractivity contribution in [1.29, 1.82) is 0 Å². The molecule has 0 radical (unpaired) electrons. The fraction of sp³-hybridized carbons (Fsp3) is 0.200. The number of hydrogen-bond donors (Lipinski definition) is 4. The van der Waals surface area contributed by atoms with Gasteiger partial charge >= 0.3 is 0 Å². The number of hydrogen-bond acceptors (Lipinski definition) is 8. The van der Waals surface area contributed by atoms with Crippen LogP contribution in [0, 0.1) is 0 Å². The van der Waals surface area contributed by atoms with Crippen LogP contribution in [-0.4, -0.2) is 61.7 Å². The number of aliphatic hydroxyl groups excluding tert-OH is 1. The summed E-state index contributed by atoms with van der Waals surface area (Å²) in [6, 6.07) is 28.2. The minimum Gasteiger partial charge on any atom is -0.381 e. The summed E-state index contributed by atoms with van der Waals surface area (Å²) in [5, 5.41) is 19.8. The number of anilines is 2. The van der Waals surface area contributed by atoms with E-state index in [1.807, 2.05) is 67.6 Å². The lowest BCUT2D eigenvalue weighted by molar-refractivity contribution is -0.125. The summed E-state index contributed by atoms with van der Waals surface area (Å²) in [5.41, 5.74) is 2.38. The summed E-state index contributed by atoms with van der Waals surface area (Å²) < 4.78 is 26.7. The number of nitrogens with zero attached hydrogens (tertiary/aromatic N) is 2. The number of amides is 3. The zero-order valence-corrected chi connectivity index (χ0v) is 28.1. The number of rotatable bonds is 12. The molecule has 0 fully saturated rings. The molecule has 3 amide bonds. The molecule has 1 heterocycles. The van der Waals surface area contributed by atoms with E-state index in [1.54, 1.807) is 24.3 Å². The number of aliphatic hydroxyl groups is 1. The fourth-order valence-corrected chi connectivity index (χ4v) is 6.36. The zero-order valence-electron chi connectivity index (χ0n) is 26.5. The highest BCUT2D eigenvalue weighted by Crippen LogP contribution is 2.26. The van der Waals surface area contributed by atoms with Gasteiger partial charge < -0.3 is 15.7 Å². The molecule has 3 atom stereocenters. The van der Waals surface area contributed by atoms with E-state index >= 15 is 0 Å². The van der Waals surface area contributed by atoms with E-state index in [0.717, 1.165) is 26.4 Å². The van der Waals surface area contributed by atoms with Gasteiger partial charge in [-0.15, -0.1) is 0 Å². The van der Waals surface area contributed by atoms with Crippen LogP contribution >= 0.6 is 11.3 Å². The van der Waals surface area contributed by atoms with E-state index in [-0.39, 0.29) is 29.3 Å². The molecular formula is C35H35N5O6S2. The van der Waals surface area contributed by atoms with Crippen LogP contribution in [0.1, 0.15) is 44.8 Å². The van der Waals surface area contributed by atoms with Crippen LogP contribution in [-0.2, 0) is 21.2 Å². The van der Waals surface area contributed by atoms with Gasteiger partial charge in [-0.25, -0.2) is 13.4 Å². The standard InChI is InChI=1S/C35H35N5O6S2/c1-22(24-14-8-5-9-15-24)36-32(42)25-19-26(21-27(20-25)40(2)48(3,45)46)33(43)37-29(18-23-12-6-4-7-13-23)31(41)34(44)39-35-38-28-16-10-11-17-30(28)47-35/h4-17,19-22,29,31,41H,18H2,1-3H3,(H,36,42)(H,37,43)(H,38,39,44)/t22-,29+,31+/m1/s1. The molecule has 0 aliphatic rings. The summed E-state index contributed by atoms with van der Waals surface area (Å²) >= 11 is 1.25. The lowest BCUT2D eigenvalue weighted by atomic mass is 9.99. The number of fused-ring (bicyclic) bond motifs is 1. The van der Waals surface area contributed by atoms with Crippen molar-refractivity contribution in [3.05, 3.63) is 125 Å². The van der Waals surface area contributed by atoms with Crippen molar-refractivity contribution in [2.24, 2.45) is 0 Å². The molecule has 1 aromatic heterocycles. The van der Waals surface area contributed by atoms with Gasteiger partial charge in [-0.1, -0.05) is 84.1 Å². The van der Waals surface area contributed by atoms with Crippen molar-refractivity contribution in [2.45, 2.75) is 31.5 Å². The van der Waals surface area contributed by atoms with E-state index in [9.17, 15) is 27.9 Å². The Morgan fingerprint density at radius 1 is 0.854 bits per heavy atom. The van der Waals surface area contributed by atoms with Gasteiger partial charge in [-0.05, 0) is 54.8 Å². The fourth-order valence-electron chi connectivity index (χ4n) is 5.00. The first-order valence-electron chi connectivity index (χ1n) is 15.0. The van der Waals surface area contributed by atoms with E-state index in [1.165, 1.54) is 36.6 Å². The predicted octanol–water partition coefficient (Wildman–Crippen LogP) is 4.52. The molecule has 4 aromatic carbocycles. The van der Waals surface area contributed by atoms with Crippen molar-refractivity contribution < 1.29 is 27.9 Å². The lowest BCUT2D eigenvalue weighted by Gasteiger charge is -2.24. The molecule has 0 saturated carbocycles. The van der Waals surface area contributed by atoms with Gasteiger partial charge in [0.25, 0.3) is 17.7 Å². The third kappa shape index (κ3) is 8.42. The topological polar surface area (TPSA) is 158 Å². The molecule has 0 unspecified atom stereocenters. The summed E-state index contributed by atoms with van der Waals surface area (Å²) in [7, 11) is -2.45. The Morgan fingerprint density at radius 2 is 1.44 bits per heavy atom. The van der Waals surface area contributed by atoms with E-state index < -0.39 is 39.9 Å². The van der Waals surface area contributed by atoms with Crippen LogP contribution < -0.4 is 20.3 Å². The molecular weight excluding hydrogens is 651 g/mol. The molecule has 0 aliphatic carbocycles. The number of para-hydroxylation sites is 1. The van der Waals surface area contributed by atoms with Crippen molar-refractivity contribution in [1.82, 2.24) is 15.6 Å². The average Bonchev–Trinajstić information content (AvgIpc) is 3.49. The second kappa shape index (κ2) is 14.8. The lowest BCUT2D eigenvalue weighted by Crippen LogP contribution is -2.50. The quantitative estimate of drug-likeness (QED) is 0.150. The second-order valence-corrected chi connectivity index (χ2v) is 14.3. The van der Waals surface area contributed by atoms with E-state index in [4.69, 9.17) is 0 Å². The SMILES string of the molecule is C[C@@H](NC(=O)c1cc(C(=O)N[C@@H](Cc2ccccc2)[C@H](O)C(=O)Nc2nc3ccccc3s2)cc(N(C)S(C)(=O)=O)c1)c1ccccc1. The maximum Gasteiger partial charge on any atom is 0.257 e. The largest absolute Gasteiger partial charge is 0.381 e. The summed E-state index contributed by atoms with van der Waals surface area (Å²) in [5.74, 6) is -2.02. The average molecular weight is 686 g/mol. The Hall–Kier alpha value is -5.11. The Bertz CT molecular complexity index is 2000. The zero-order chi connectivity index (χ0) is 34.4. The maximum absolute atomic E-state index is 13.8. The number of nitrogens with one attached hydrogen (secondary N) is 3. The highest BCUT2D eigenvalue weighted by molar-refractivity contribution is 7.92. The van der Waals surface area contributed by atoms with Crippen LogP contribution in [0.25, 0.3) is 10.2 Å². The van der Waals surface area contributed by atoms with Gasteiger partial charge in [0, 0.05) is 18.2 Å². The number of thiazole rings is 1. The Kier molecular flexibility index (Phi) is 10.5. The number of carbonyl (C=O) groups excluding carboxylic acids is 3. The summed E-state index contributed by atoms with van der Waals surface area (Å²) in [6.45, 7) is 1.81. The minimum atomic E-state index is -3.76. The first-order valence-corrected chi connectivity index (χ1v) is 17.7. The van der Waals surface area contributed by atoms with Gasteiger partial charge in [0.05, 0.1) is 34.2 Å². The molecule has 0 aliphatic heterocycles. The number of carbonyl (C=O) groups is 3. The second-order valence-electron chi connectivity index (χ2n) is 11.3. The molecule has 0 bridgehead atoms. The number of aromatic nitrogens is 1. The van der Waals surface area contributed by atoms with Crippen LogP contribution in [0.3, 0.4) is 0 Å². The number of sulfonamides is 1. The summed E-state index contributed by atoms with van der Waals surface area (Å²) in [6.07, 6.45) is -0.600. The van der Waals surface area contributed by atoms with Crippen molar-refractivity contribution >= 4 is 60.1 Å². The molecule has 48 heavy (non-hydrogen) atoms. The highest BCUT2D eigenvalue weighted by Gasteiger charge is 2.30. The third-order valence-corrected chi connectivity index (χ3v) is 9.90. The normalized spacial score (nSPS) is 13.2. The van der Waals surface area contributed by atoms with Crippen LogP contribution in [0.5, 0.6) is 0 Å². The van der Waals surface area contributed by atoms with Crippen molar-refractivity contribution in [2.75, 3.05) is 22.9 Å². The van der Waals surface area contributed by atoms with Crippen LogP contribution in [0.4, 0.5) is 10.8 Å². The van der Waals surface area contributed by atoms with Gasteiger partial charge in [0.1, 0.15) is 0 Å². The highest BCUT2D eigenvalue weighted by atomic mass is 32.2.